The fraction of sp³-hybridized carbons (Fsp3) is 0.333. The molecule has 1 aliphatic carbocycles. The quantitative estimate of drug-likeness (QED) is 0.714. The largest absolute Gasteiger partial charge is 0.388 e. The molecule has 0 heterocycles. The molecular weight excluding hydrogens is 258 g/mol. The fourth-order valence-corrected chi connectivity index (χ4v) is 2.43. The molecule has 0 bridgehead atoms. The molecule has 1 unspecified atom stereocenters. The second-order valence-electron chi connectivity index (χ2n) is 3.10. The van der Waals surface area contributed by atoms with E-state index < -0.39 is 11.9 Å². The van der Waals surface area contributed by atoms with Crippen molar-refractivity contribution >= 4 is 27.5 Å². The second-order valence-corrected chi connectivity index (χ2v) is 4.30. The Labute approximate surface area is 88.7 Å². The molecule has 0 aromatic heterocycles. The van der Waals surface area contributed by atoms with Gasteiger partial charge in [0.2, 0.25) is 0 Å². The van der Waals surface area contributed by atoms with Gasteiger partial charge in [0.25, 0.3) is 0 Å². The van der Waals surface area contributed by atoms with Crippen LogP contribution in [0.4, 0.5) is 4.39 Å². The molecule has 0 aliphatic heterocycles. The number of aliphatic hydroxyl groups is 1. The highest BCUT2D eigenvalue weighted by Crippen LogP contribution is 2.40. The van der Waals surface area contributed by atoms with Crippen LogP contribution in [0.25, 0.3) is 0 Å². The lowest BCUT2D eigenvalue weighted by Gasteiger charge is -2.08. The van der Waals surface area contributed by atoms with E-state index in [1.54, 1.807) is 0 Å². The predicted molar refractivity (Wildman–Crippen MR) is 52.4 cm³/mol. The lowest BCUT2D eigenvalue weighted by Crippen LogP contribution is -1.96. The van der Waals surface area contributed by atoms with Gasteiger partial charge in [0.05, 0.1) is 11.1 Å². The standard InChI is InChI=1S/C9H7BrClFO/c10-9-4-1-2-7(13)8(4)6(12)3-5(9)11/h3,7,13H,1-2H2. The number of fused-ring (bicyclic) bond motifs is 1. The number of benzene rings is 1. The maximum Gasteiger partial charge on any atom is 0.130 e. The summed E-state index contributed by atoms with van der Waals surface area (Å²) >= 11 is 9.06. The van der Waals surface area contributed by atoms with E-state index in [9.17, 15) is 9.50 Å². The summed E-state index contributed by atoms with van der Waals surface area (Å²) in [5.41, 5.74) is 1.20. The van der Waals surface area contributed by atoms with Crippen molar-refractivity contribution < 1.29 is 9.50 Å². The maximum atomic E-state index is 13.3. The van der Waals surface area contributed by atoms with Crippen molar-refractivity contribution in [1.29, 1.82) is 0 Å². The van der Waals surface area contributed by atoms with Gasteiger partial charge in [-0.1, -0.05) is 11.6 Å². The van der Waals surface area contributed by atoms with Crippen LogP contribution in [0.2, 0.25) is 5.02 Å². The smallest absolute Gasteiger partial charge is 0.130 e. The Morgan fingerprint density at radius 2 is 2.31 bits per heavy atom. The summed E-state index contributed by atoms with van der Waals surface area (Å²) in [4.78, 5) is 0. The molecule has 0 saturated heterocycles. The van der Waals surface area contributed by atoms with Crippen LogP contribution in [0.1, 0.15) is 23.7 Å². The first-order chi connectivity index (χ1) is 6.11. The number of hydrogen-bond donors (Lipinski definition) is 1. The van der Waals surface area contributed by atoms with Gasteiger partial charge in [-0.3, -0.25) is 0 Å². The SMILES string of the molecule is OC1CCc2c(Br)c(Cl)cc(F)c21. The zero-order chi connectivity index (χ0) is 9.59. The summed E-state index contributed by atoms with van der Waals surface area (Å²) in [5, 5.41) is 9.84. The minimum atomic E-state index is -0.677. The molecule has 1 aliphatic rings. The van der Waals surface area contributed by atoms with Gasteiger partial charge in [0.1, 0.15) is 5.82 Å². The highest BCUT2D eigenvalue weighted by atomic mass is 79.9. The number of aliphatic hydroxyl groups excluding tert-OH is 1. The highest BCUT2D eigenvalue weighted by Gasteiger charge is 2.27. The Balaban J connectivity index is 2.69. The molecule has 0 spiro atoms. The minimum Gasteiger partial charge on any atom is -0.388 e. The molecule has 70 valence electrons. The number of hydrogen-bond acceptors (Lipinski definition) is 1. The second kappa shape index (κ2) is 3.23. The highest BCUT2D eigenvalue weighted by molar-refractivity contribution is 9.10. The third-order valence-electron chi connectivity index (χ3n) is 2.31. The van der Waals surface area contributed by atoms with E-state index in [4.69, 9.17) is 11.6 Å². The molecule has 0 fully saturated rings. The average Bonchev–Trinajstić information content (AvgIpc) is 2.44. The minimum absolute atomic E-state index is 0.366. The summed E-state index contributed by atoms with van der Waals surface area (Å²) in [6.07, 6.45) is 0.573. The van der Waals surface area contributed by atoms with Crippen LogP contribution in [0.3, 0.4) is 0 Å². The van der Waals surface area contributed by atoms with Gasteiger partial charge in [-0.15, -0.1) is 0 Å². The molecule has 0 amide bonds. The van der Waals surface area contributed by atoms with E-state index in [2.05, 4.69) is 15.9 Å². The van der Waals surface area contributed by atoms with E-state index in [1.165, 1.54) is 6.07 Å². The van der Waals surface area contributed by atoms with Crippen molar-refractivity contribution in [2.75, 3.05) is 0 Å². The predicted octanol–water partition coefficient (Wildman–Crippen LogP) is 3.22. The Morgan fingerprint density at radius 1 is 1.62 bits per heavy atom. The van der Waals surface area contributed by atoms with Crippen LogP contribution in [0.5, 0.6) is 0 Å². The van der Waals surface area contributed by atoms with Crippen LogP contribution in [0, 0.1) is 5.82 Å². The van der Waals surface area contributed by atoms with Crippen LogP contribution in [-0.4, -0.2) is 5.11 Å². The molecule has 1 atom stereocenters. The van der Waals surface area contributed by atoms with Crippen molar-refractivity contribution in [2.45, 2.75) is 18.9 Å². The van der Waals surface area contributed by atoms with Gasteiger partial charge < -0.3 is 5.11 Å². The first kappa shape index (κ1) is 9.44. The van der Waals surface area contributed by atoms with Gasteiger partial charge in [0.15, 0.2) is 0 Å². The van der Waals surface area contributed by atoms with Crippen LogP contribution in [0.15, 0.2) is 10.5 Å². The molecule has 1 nitrogen and oxygen atoms in total. The van der Waals surface area contributed by atoms with Gasteiger partial charge in [-0.25, -0.2) is 4.39 Å². The lowest BCUT2D eigenvalue weighted by molar-refractivity contribution is 0.176. The molecule has 1 N–H and O–H groups in total. The first-order valence-electron chi connectivity index (χ1n) is 3.95. The summed E-state index contributed by atoms with van der Waals surface area (Å²) in [7, 11) is 0. The normalized spacial score (nSPS) is 20.5. The number of halogens is 3. The fourth-order valence-electron chi connectivity index (χ4n) is 1.69. The zero-order valence-corrected chi connectivity index (χ0v) is 8.99. The maximum absolute atomic E-state index is 13.3. The summed E-state index contributed by atoms with van der Waals surface area (Å²) in [6, 6.07) is 1.24. The summed E-state index contributed by atoms with van der Waals surface area (Å²) < 4.78 is 14.0. The van der Waals surface area contributed by atoms with Crippen molar-refractivity contribution in [1.82, 2.24) is 0 Å². The summed E-state index contributed by atoms with van der Waals surface area (Å²) in [6.45, 7) is 0. The van der Waals surface area contributed by atoms with Gasteiger partial charge >= 0.3 is 0 Å². The molecule has 1 aromatic carbocycles. The average molecular weight is 266 g/mol. The Hall–Kier alpha value is -0.120. The monoisotopic (exact) mass is 264 g/mol. The first-order valence-corrected chi connectivity index (χ1v) is 5.12. The molecule has 1 aromatic rings. The third kappa shape index (κ3) is 1.39. The van der Waals surface area contributed by atoms with Crippen LogP contribution >= 0.6 is 27.5 Å². The molecule has 0 radical (unpaired) electrons. The Kier molecular flexibility index (Phi) is 2.34. The van der Waals surface area contributed by atoms with E-state index in [1.807, 2.05) is 0 Å². The van der Waals surface area contributed by atoms with Crippen LogP contribution in [-0.2, 0) is 6.42 Å². The van der Waals surface area contributed by atoms with Crippen molar-refractivity contribution in [2.24, 2.45) is 0 Å². The van der Waals surface area contributed by atoms with Gasteiger partial charge in [-0.05, 0) is 40.4 Å². The van der Waals surface area contributed by atoms with E-state index in [-0.39, 0.29) is 0 Å². The number of rotatable bonds is 0. The molecule has 13 heavy (non-hydrogen) atoms. The van der Waals surface area contributed by atoms with Crippen LogP contribution < -0.4 is 0 Å². The van der Waals surface area contributed by atoms with Crippen molar-refractivity contribution in [3.8, 4) is 0 Å². The molecule has 0 saturated carbocycles. The van der Waals surface area contributed by atoms with E-state index in [0.717, 1.165) is 5.56 Å². The topological polar surface area (TPSA) is 20.2 Å². The van der Waals surface area contributed by atoms with Gasteiger partial charge in [0, 0.05) is 10.0 Å². The molecule has 2 rings (SSSR count). The Morgan fingerprint density at radius 3 is 3.00 bits per heavy atom. The molecular formula is C9H7BrClFO. The van der Waals surface area contributed by atoms with Gasteiger partial charge in [-0.2, -0.15) is 0 Å². The Bertz CT molecular complexity index is 367. The third-order valence-corrected chi connectivity index (χ3v) is 3.74. The lowest BCUT2D eigenvalue weighted by atomic mass is 10.1. The van der Waals surface area contributed by atoms with E-state index >= 15 is 0 Å². The zero-order valence-electron chi connectivity index (χ0n) is 6.65. The van der Waals surface area contributed by atoms with E-state index in [0.29, 0.717) is 27.9 Å². The van der Waals surface area contributed by atoms with Crippen molar-refractivity contribution in [3.63, 3.8) is 0 Å². The van der Waals surface area contributed by atoms with Crippen molar-refractivity contribution in [3.05, 3.63) is 32.5 Å². The molecule has 4 heteroatoms. The summed E-state index contributed by atoms with van der Waals surface area (Å²) in [5.74, 6) is -0.409.